The smallest absolute Gasteiger partial charge is 0.387 e. The first-order valence-corrected chi connectivity index (χ1v) is 7.32. The summed E-state index contributed by atoms with van der Waals surface area (Å²) in [6.07, 6.45) is 1.21. The molecule has 4 nitrogen and oxygen atoms in total. The van der Waals surface area contributed by atoms with E-state index < -0.39 is 13.2 Å². The number of nitrogens with one attached hydrogen (secondary N) is 1. The van der Waals surface area contributed by atoms with Gasteiger partial charge in [0.15, 0.2) is 0 Å². The number of anilines is 1. The highest BCUT2D eigenvalue weighted by atomic mass is 35.5. The molecule has 25 heavy (non-hydrogen) atoms. The zero-order chi connectivity index (χ0) is 18.4. The van der Waals surface area contributed by atoms with Gasteiger partial charge in [-0.3, -0.25) is 5.43 Å². The molecule has 2 aromatic rings. The van der Waals surface area contributed by atoms with Crippen molar-refractivity contribution in [2.24, 2.45) is 5.10 Å². The van der Waals surface area contributed by atoms with Crippen LogP contribution in [0.1, 0.15) is 11.1 Å². The molecule has 0 aromatic heterocycles. The molecule has 134 valence electrons. The molecule has 0 amide bonds. The van der Waals surface area contributed by atoms with Gasteiger partial charge in [0.25, 0.3) is 0 Å². The van der Waals surface area contributed by atoms with E-state index in [0.717, 1.165) is 11.6 Å². The zero-order valence-corrected chi connectivity index (χ0v) is 13.6. The number of rotatable bonds is 7. The fourth-order valence-electron chi connectivity index (χ4n) is 1.83. The van der Waals surface area contributed by atoms with Crippen molar-refractivity contribution in [2.45, 2.75) is 20.1 Å². The van der Waals surface area contributed by atoms with Crippen molar-refractivity contribution in [3.8, 4) is 11.5 Å². The van der Waals surface area contributed by atoms with Crippen molar-refractivity contribution < 1.29 is 27.0 Å². The van der Waals surface area contributed by atoms with E-state index >= 15 is 0 Å². The molecule has 0 unspecified atom stereocenters. The number of nitrogens with zero attached hydrogens (tertiary/aromatic N) is 1. The van der Waals surface area contributed by atoms with Gasteiger partial charge in [-0.15, -0.1) is 0 Å². The summed E-state index contributed by atoms with van der Waals surface area (Å²) >= 11 is 5.98. The van der Waals surface area contributed by atoms with E-state index in [-0.39, 0.29) is 17.1 Å². The SMILES string of the molecule is Cc1ccc(N/N=C/c2ccc(OC(F)F)cc2OC(F)F)cc1Cl. The van der Waals surface area contributed by atoms with Crippen LogP contribution in [0, 0.1) is 6.92 Å². The summed E-state index contributed by atoms with van der Waals surface area (Å²) in [4.78, 5) is 0. The standard InChI is InChI=1S/C16H13ClF4N2O2/c1-9-2-4-11(6-13(9)17)23-22-8-10-3-5-12(24-15(18)19)7-14(10)25-16(20)21/h2-8,15-16,23H,1H3/b22-8+. The van der Waals surface area contributed by atoms with Crippen LogP contribution in [0.5, 0.6) is 11.5 Å². The molecule has 1 N–H and O–H groups in total. The molecule has 0 spiro atoms. The Bertz CT molecular complexity index is 757. The average Bonchev–Trinajstić information content (AvgIpc) is 2.51. The first-order chi connectivity index (χ1) is 11.8. The molecule has 2 aromatic carbocycles. The Hall–Kier alpha value is -2.48. The van der Waals surface area contributed by atoms with Crippen molar-refractivity contribution in [3.63, 3.8) is 0 Å². The Morgan fingerprint density at radius 1 is 1.04 bits per heavy atom. The van der Waals surface area contributed by atoms with Gasteiger partial charge in [0.05, 0.1) is 11.9 Å². The topological polar surface area (TPSA) is 42.9 Å². The van der Waals surface area contributed by atoms with E-state index in [4.69, 9.17) is 11.6 Å². The quantitative estimate of drug-likeness (QED) is 0.405. The molecule has 0 radical (unpaired) electrons. The van der Waals surface area contributed by atoms with Crippen molar-refractivity contribution in [3.05, 3.63) is 52.5 Å². The fourth-order valence-corrected chi connectivity index (χ4v) is 2.01. The third-order valence-corrected chi connectivity index (χ3v) is 3.40. The lowest BCUT2D eigenvalue weighted by molar-refractivity contribution is -0.0543. The van der Waals surface area contributed by atoms with Crippen LogP contribution in [-0.2, 0) is 0 Å². The van der Waals surface area contributed by atoms with Crippen molar-refractivity contribution >= 4 is 23.5 Å². The van der Waals surface area contributed by atoms with Crippen LogP contribution in [-0.4, -0.2) is 19.4 Å². The zero-order valence-electron chi connectivity index (χ0n) is 12.8. The minimum atomic E-state index is -3.13. The van der Waals surface area contributed by atoms with E-state index in [9.17, 15) is 17.6 Å². The molecule has 0 aliphatic rings. The molecular weight excluding hydrogens is 364 g/mol. The molecule has 9 heteroatoms. The van der Waals surface area contributed by atoms with Gasteiger partial charge in [-0.25, -0.2) is 0 Å². The minimum absolute atomic E-state index is 0.146. The third kappa shape index (κ3) is 5.82. The monoisotopic (exact) mass is 376 g/mol. The number of hydrogen-bond acceptors (Lipinski definition) is 4. The lowest BCUT2D eigenvalue weighted by Crippen LogP contribution is -2.07. The molecule has 0 fully saturated rings. The van der Waals surface area contributed by atoms with Gasteiger partial charge >= 0.3 is 13.2 Å². The van der Waals surface area contributed by atoms with Gasteiger partial charge in [0, 0.05) is 16.7 Å². The summed E-state index contributed by atoms with van der Waals surface area (Å²) in [5.74, 6) is -0.651. The van der Waals surface area contributed by atoms with Gasteiger partial charge in [0.1, 0.15) is 11.5 Å². The maximum Gasteiger partial charge on any atom is 0.387 e. The highest BCUT2D eigenvalue weighted by Crippen LogP contribution is 2.26. The normalized spacial score (nSPS) is 11.4. The van der Waals surface area contributed by atoms with Gasteiger partial charge in [-0.1, -0.05) is 17.7 Å². The molecule has 0 aliphatic heterocycles. The van der Waals surface area contributed by atoms with Gasteiger partial charge in [-0.2, -0.15) is 22.7 Å². The number of halogens is 5. The summed E-state index contributed by atoms with van der Waals surface area (Å²) in [6.45, 7) is -4.36. The van der Waals surface area contributed by atoms with Crippen LogP contribution in [0.2, 0.25) is 5.02 Å². The molecule has 0 bridgehead atoms. The van der Waals surface area contributed by atoms with Crippen LogP contribution in [0.3, 0.4) is 0 Å². The Labute approximate surface area is 146 Å². The molecule has 0 saturated heterocycles. The number of aryl methyl sites for hydroxylation is 1. The predicted octanol–water partition coefficient (Wildman–Crippen LogP) is 5.30. The number of hydrogen-bond donors (Lipinski definition) is 1. The van der Waals surface area contributed by atoms with Crippen molar-refractivity contribution in [2.75, 3.05) is 5.43 Å². The Kier molecular flexibility index (Phi) is 6.46. The van der Waals surface area contributed by atoms with E-state index in [2.05, 4.69) is 20.0 Å². The minimum Gasteiger partial charge on any atom is -0.435 e. The van der Waals surface area contributed by atoms with Crippen molar-refractivity contribution in [1.29, 1.82) is 0 Å². The number of benzene rings is 2. The Morgan fingerprint density at radius 2 is 1.76 bits per heavy atom. The fraction of sp³-hybridized carbons (Fsp3) is 0.188. The van der Waals surface area contributed by atoms with E-state index in [1.54, 1.807) is 18.2 Å². The number of ether oxygens (including phenoxy) is 2. The lowest BCUT2D eigenvalue weighted by Gasteiger charge is -2.11. The summed E-state index contributed by atoms with van der Waals surface area (Å²) < 4.78 is 57.8. The summed E-state index contributed by atoms with van der Waals surface area (Å²) in [5, 5.41) is 4.43. The van der Waals surface area contributed by atoms with E-state index in [1.807, 2.05) is 6.92 Å². The lowest BCUT2D eigenvalue weighted by atomic mass is 10.2. The van der Waals surface area contributed by atoms with Crippen LogP contribution in [0.25, 0.3) is 0 Å². The summed E-state index contributed by atoms with van der Waals surface area (Å²) in [7, 11) is 0. The maximum absolute atomic E-state index is 12.5. The van der Waals surface area contributed by atoms with Crippen LogP contribution in [0.4, 0.5) is 23.2 Å². The van der Waals surface area contributed by atoms with E-state index in [1.165, 1.54) is 18.3 Å². The summed E-state index contributed by atoms with van der Waals surface area (Å²) in [6, 6.07) is 8.54. The van der Waals surface area contributed by atoms with E-state index in [0.29, 0.717) is 10.7 Å². The average molecular weight is 377 g/mol. The first-order valence-electron chi connectivity index (χ1n) is 6.94. The first kappa shape index (κ1) is 18.9. The van der Waals surface area contributed by atoms with Crippen LogP contribution < -0.4 is 14.9 Å². The highest BCUT2D eigenvalue weighted by molar-refractivity contribution is 6.31. The van der Waals surface area contributed by atoms with Gasteiger partial charge in [-0.05, 0) is 36.8 Å². The second-order valence-corrected chi connectivity index (χ2v) is 5.20. The number of alkyl halides is 4. The second kappa shape index (κ2) is 8.57. The Morgan fingerprint density at radius 3 is 2.40 bits per heavy atom. The predicted molar refractivity (Wildman–Crippen MR) is 87.1 cm³/mol. The largest absolute Gasteiger partial charge is 0.435 e. The van der Waals surface area contributed by atoms with Crippen LogP contribution in [0.15, 0.2) is 41.5 Å². The maximum atomic E-state index is 12.5. The van der Waals surface area contributed by atoms with Crippen LogP contribution >= 0.6 is 11.6 Å². The molecule has 2 rings (SSSR count). The molecular formula is C16H13ClF4N2O2. The molecule has 0 aliphatic carbocycles. The highest BCUT2D eigenvalue weighted by Gasteiger charge is 2.12. The van der Waals surface area contributed by atoms with Crippen molar-refractivity contribution in [1.82, 2.24) is 0 Å². The molecule has 0 heterocycles. The molecule has 0 atom stereocenters. The number of hydrazone groups is 1. The Balaban J connectivity index is 2.17. The summed E-state index contributed by atoms with van der Waals surface area (Å²) in [5.41, 5.74) is 4.30. The van der Waals surface area contributed by atoms with Gasteiger partial charge < -0.3 is 9.47 Å². The third-order valence-electron chi connectivity index (χ3n) is 3.00. The molecule has 0 saturated carbocycles. The van der Waals surface area contributed by atoms with Gasteiger partial charge in [0.2, 0.25) is 0 Å². The second-order valence-electron chi connectivity index (χ2n) is 4.79.